The van der Waals surface area contributed by atoms with E-state index in [1.807, 2.05) is 20.8 Å². The minimum Gasteiger partial charge on any atom is -0.424 e. The van der Waals surface area contributed by atoms with Crippen LogP contribution in [0.4, 0.5) is 0 Å². The van der Waals surface area contributed by atoms with E-state index in [2.05, 4.69) is 10.1 Å². The predicted molar refractivity (Wildman–Crippen MR) is 77.3 cm³/mol. The molecule has 20 heavy (non-hydrogen) atoms. The van der Waals surface area contributed by atoms with Crippen LogP contribution in [0.25, 0.3) is 0 Å². The van der Waals surface area contributed by atoms with Crippen molar-refractivity contribution in [2.75, 3.05) is 6.61 Å². The van der Waals surface area contributed by atoms with Gasteiger partial charge in [-0.3, -0.25) is 0 Å². The number of nitrogens with zero attached hydrogens (tertiary/aromatic N) is 3. The Hall–Kier alpha value is -1.59. The third-order valence-electron chi connectivity index (χ3n) is 2.64. The van der Waals surface area contributed by atoms with Crippen molar-refractivity contribution >= 4 is 11.6 Å². The average molecular weight is 296 g/mol. The highest BCUT2D eigenvalue weighted by molar-refractivity contribution is 6.30. The lowest BCUT2D eigenvalue weighted by Gasteiger charge is -2.11. The molecule has 0 aliphatic heterocycles. The van der Waals surface area contributed by atoms with Gasteiger partial charge in [0.15, 0.2) is 5.82 Å². The topological polar surface area (TPSA) is 60.2 Å². The van der Waals surface area contributed by atoms with Gasteiger partial charge in [0.05, 0.1) is 13.2 Å². The second kappa shape index (κ2) is 5.81. The van der Waals surface area contributed by atoms with Crippen LogP contribution in [0.1, 0.15) is 26.6 Å². The Kier molecular flexibility index (Phi) is 4.30. The van der Waals surface area contributed by atoms with Crippen LogP contribution in [-0.2, 0) is 12.0 Å². The van der Waals surface area contributed by atoms with Crippen LogP contribution in [0, 0.1) is 0 Å². The van der Waals surface area contributed by atoms with Gasteiger partial charge in [0, 0.05) is 10.4 Å². The molecule has 2 aromatic rings. The lowest BCUT2D eigenvalue weighted by atomic mass is 9.96. The summed E-state index contributed by atoms with van der Waals surface area (Å²) in [6, 6.07) is 7.38. The molecule has 0 aliphatic carbocycles. The maximum atomic E-state index is 9.10. The highest BCUT2D eigenvalue weighted by atomic mass is 35.5. The predicted octanol–water partition coefficient (Wildman–Crippen LogP) is 3.01. The lowest BCUT2D eigenvalue weighted by molar-refractivity contribution is 0.258. The first-order valence-corrected chi connectivity index (χ1v) is 6.77. The molecule has 0 bridgehead atoms. The smallest absolute Gasteiger partial charge is 0.320 e. The molecule has 1 aromatic heterocycles. The van der Waals surface area contributed by atoms with Crippen LogP contribution in [-0.4, -0.2) is 26.5 Å². The van der Waals surface area contributed by atoms with Crippen molar-refractivity contribution in [2.45, 2.75) is 32.7 Å². The van der Waals surface area contributed by atoms with E-state index in [-0.39, 0.29) is 12.0 Å². The van der Waals surface area contributed by atoms with Gasteiger partial charge in [0.25, 0.3) is 0 Å². The van der Waals surface area contributed by atoms with Gasteiger partial charge >= 0.3 is 6.01 Å². The quantitative estimate of drug-likeness (QED) is 0.942. The summed E-state index contributed by atoms with van der Waals surface area (Å²) in [5, 5.41) is 14.1. The largest absolute Gasteiger partial charge is 0.424 e. The number of benzene rings is 1. The fourth-order valence-corrected chi connectivity index (χ4v) is 1.70. The second-order valence-electron chi connectivity index (χ2n) is 5.47. The van der Waals surface area contributed by atoms with Gasteiger partial charge in [-0.05, 0) is 24.3 Å². The maximum absolute atomic E-state index is 9.10. The Morgan fingerprint density at radius 1 is 1.25 bits per heavy atom. The molecule has 1 aromatic carbocycles. The van der Waals surface area contributed by atoms with Gasteiger partial charge in [-0.15, -0.1) is 0 Å². The van der Waals surface area contributed by atoms with Crippen LogP contribution in [0.3, 0.4) is 0 Å². The number of hydrogen-bond donors (Lipinski definition) is 1. The van der Waals surface area contributed by atoms with Gasteiger partial charge < -0.3 is 9.84 Å². The summed E-state index contributed by atoms with van der Waals surface area (Å²) in [4.78, 5) is 4.40. The molecule has 5 nitrogen and oxygen atoms in total. The highest BCUT2D eigenvalue weighted by Crippen LogP contribution is 2.25. The molecule has 0 unspecified atom stereocenters. The first kappa shape index (κ1) is 14.8. The van der Waals surface area contributed by atoms with Crippen LogP contribution in [0.15, 0.2) is 24.3 Å². The molecule has 0 saturated heterocycles. The van der Waals surface area contributed by atoms with Crippen molar-refractivity contribution in [1.29, 1.82) is 0 Å². The zero-order valence-electron chi connectivity index (χ0n) is 11.8. The van der Waals surface area contributed by atoms with Gasteiger partial charge in [-0.2, -0.15) is 10.1 Å². The number of rotatable bonds is 4. The minimum atomic E-state index is -0.182. The van der Waals surface area contributed by atoms with Crippen molar-refractivity contribution in [3.05, 3.63) is 35.1 Å². The van der Waals surface area contributed by atoms with Crippen molar-refractivity contribution in [2.24, 2.45) is 0 Å². The third kappa shape index (κ3) is 3.49. The third-order valence-corrected chi connectivity index (χ3v) is 2.90. The summed E-state index contributed by atoms with van der Waals surface area (Å²) in [5.41, 5.74) is -0.182. The maximum Gasteiger partial charge on any atom is 0.320 e. The number of hydrogen-bond acceptors (Lipinski definition) is 4. The van der Waals surface area contributed by atoms with Crippen LogP contribution < -0.4 is 4.74 Å². The first-order chi connectivity index (χ1) is 9.40. The van der Waals surface area contributed by atoms with E-state index in [4.69, 9.17) is 21.4 Å². The van der Waals surface area contributed by atoms with Gasteiger partial charge in [-0.1, -0.05) is 32.4 Å². The molecular weight excluding hydrogens is 278 g/mol. The molecule has 0 amide bonds. The Balaban J connectivity index is 2.29. The monoisotopic (exact) mass is 295 g/mol. The van der Waals surface area contributed by atoms with Gasteiger partial charge in [-0.25, -0.2) is 4.68 Å². The fraction of sp³-hybridized carbons (Fsp3) is 0.429. The normalized spacial score (nSPS) is 11.7. The van der Waals surface area contributed by atoms with E-state index in [9.17, 15) is 0 Å². The molecular formula is C14H18ClN3O2. The Morgan fingerprint density at radius 3 is 2.45 bits per heavy atom. The van der Waals surface area contributed by atoms with E-state index in [1.165, 1.54) is 0 Å². The molecule has 0 radical (unpaired) electrons. The van der Waals surface area contributed by atoms with Crippen LogP contribution in [0.2, 0.25) is 5.02 Å². The number of aliphatic hydroxyl groups excluding tert-OH is 1. The SMILES string of the molecule is CC(C)(C)c1nc(Oc2ccc(Cl)cc2)n(CCO)n1. The summed E-state index contributed by atoms with van der Waals surface area (Å²) in [5.74, 6) is 1.30. The molecule has 0 aliphatic rings. The summed E-state index contributed by atoms with van der Waals surface area (Å²) in [7, 11) is 0. The minimum absolute atomic E-state index is 0.0239. The Bertz CT molecular complexity index is 573. The zero-order chi connectivity index (χ0) is 14.8. The molecule has 1 heterocycles. The summed E-state index contributed by atoms with van der Waals surface area (Å²) in [6.45, 7) is 6.39. The second-order valence-corrected chi connectivity index (χ2v) is 5.91. The van der Waals surface area contributed by atoms with E-state index in [0.29, 0.717) is 29.2 Å². The fourth-order valence-electron chi connectivity index (χ4n) is 1.57. The van der Waals surface area contributed by atoms with Gasteiger partial charge in [0.2, 0.25) is 0 Å². The number of ether oxygens (including phenoxy) is 1. The van der Waals surface area contributed by atoms with Gasteiger partial charge in [0.1, 0.15) is 5.75 Å². The van der Waals surface area contributed by atoms with Crippen molar-refractivity contribution in [1.82, 2.24) is 14.8 Å². The van der Waals surface area contributed by atoms with Crippen LogP contribution in [0.5, 0.6) is 11.8 Å². The summed E-state index contributed by atoms with van der Waals surface area (Å²) < 4.78 is 7.28. The summed E-state index contributed by atoms with van der Waals surface area (Å²) in [6.07, 6.45) is 0. The van der Waals surface area contributed by atoms with Crippen molar-refractivity contribution < 1.29 is 9.84 Å². The molecule has 1 N–H and O–H groups in total. The molecule has 0 spiro atoms. The summed E-state index contributed by atoms with van der Waals surface area (Å²) >= 11 is 5.84. The molecule has 0 fully saturated rings. The molecule has 0 saturated carbocycles. The van der Waals surface area contributed by atoms with Crippen LogP contribution >= 0.6 is 11.6 Å². The molecule has 0 atom stereocenters. The molecule has 2 rings (SSSR count). The average Bonchev–Trinajstić information content (AvgIpc) is 2.76. The Morgan fingerprint density at radius 2 is 1.90 bits per heavy atom. The van der Waals surface area contributed by atoms with Crippen molar-refractivity contribution in [3.8, 4) is 11.8 Å². The Labute approximate surface area is 123 Å². The highest BCUT2D eigenvalue weighted by Gasteiger charge is 2.22. The first-order valence-electron chi connectivity index (χ1n) is 6.40. The van der Waals surface area contributed by atoms with Crippen molar-refractivity contribution in [3.63, 3.8) is 0 Å². The molecule has 108 valence electrons. The van der Waals surface area contributed by atoms with E-state index in [0.717, 1.165) is 0 Å². The molecule has 6 heteroatoms. The number of aliphatic hydroxyl groups is 1. The number of halogens is 1. The van der Waals surface area contributed by atoms with E-state index < -0.39 is 0 Å². The van der Waals surface area contributed by atoms with E-state index >= 15 is 0 Å². The standard InChI is InChI=1S/C14H18ClN3O2/c1-14(2,3)12-16-13(18(17-12)8-9-19)20-11-6-4-10(15)5-7-11/h4-7,19H,8-9H2,1-3H3. The number of aromatic nitrogens is 3. The lowest BCUT2D eigenvalue weighted by Crippen LogP contribution is -2.14. The van der Waals surface area contributed by atoms with E-state index in [1.54, 1.807) is 28.9 Å². The zero-order valence-corrected chi connectivity index (χ0v) is 12.6.